The van der Waals surface area contributed by atoms with Gasteiger partial charge in [-0.15, -0.1) is 0 Å². The van der Waals surface area contributed by atoms with Crippen LogP contribution in [0.1, 0.15) is 36.1 Å². The van der Waals surface area contributed by atoms with Gasteiger partial charge >= 0.3 is 0 Å². The second kappa shape index (κ2) is 4.77. The van der Waals surface area contributed by atoms with Crippen molar-refractivity contribution in [1.29, 1.82) is 0 Å². The van der Waals surface area contributed by atoms with E-state index in [4.69, 9.17) is 14.3 Å². The first kappa shape index (κ1) is 10.6. The van der Waals surface area contributed by atoms with Crippen LogP contribution in [0, 0.1) is 6.92 Å². The van der Waals surface area contributed by atoms with Crippen LogP contribution in [0.25, 0.3) is 0 Å². The quantitative estimate of drug-likeness (QED) is 0.818. The van der Waals surface area contributed by atoms with Gasteiger partial charge < -0.3 is 14.3 Å². The summed E-state index contributed by atoms with van der Waals surface area (Å²) in [6, 6.07) is 0. The average molecular weight is 211 g/mol. The molecule has 2 heterocycles. The summed E-state index contributed by atoms with van der Waals surface area (Å²) >= 11 is 0. The third-order valence-electron chi connectivity index (χ3n) is 2.74. The molecule has 1 saturated heterocycles. The SMILES string of the molecule is Cc1oc(CCCO)nc1C1CCOC1. The van der Waals surface area contributed by atoms with E-state index >= 15 is 0 Å². The highest BCUT2D eigenvalue weighted by Crippen LogP contribution is 2.27. The molecule has 1 N–H and O–H groups in total. The van der Waals surface area contributed by atoms with Crippen molar-refractivity contribution < 1.29 is 14.3 Å². The lowest BCUT2D eigenvalue weighted by molar-refractivity contribution is 0.193. The minimum absolute atomic E-state index is 0.184. The van der Waals surface area contributed by atoms with Crippen LogP contribution >= 0.6 is 0 Å². The largest absolute Gasteiger partial charge is 0.446 e. The number of rotatable bonds is 4. The van der Waals surface area contributed by atoms with E-state index in [9.17, 15) is 0 Å². The molecular formula is C11H17NO3. The Hall–Kier alpha value is -0.870. The van der Waals surface area contributed by atoms with Crippen molar-refractivity contribution in [2.75, 3.05) is 19.8 Å². The van der Waals surface area contributed by atoms with Crippen LogP contribution in [0.2, 0.25) is 0 Å². The van der Waals surface area contributed by atoms with Gasteiger partial charge in [0.15, 0.2) is 5.89 Å². The Morgan fingerprint density at radius 3 is 3.07 bits per heavy atom. The van der Waals surface area contributed by atoms with Crippen molar-refractivity contribution in [1.82, 2.24) is 4.98 Å². The minimum atomic E-state index is 0.184. The van der Waals surface area contributed by atoms with E-state index in [1.165, 1.54) is 0 Å². The first-order valence-corrected chi connectivity index (χ1v) is 5.46. The Morgan fingerprint density at radius 2 is 2.40 bits per heavy atom. The fraction of sp³-hybridized carbons (Fsp3) is 0.727. The number of aromatic nitrogens is 1. The molecular weight excluding hydrogens is 194 g/mol. The second-order valence-corrected chi connectivity index (χ2v) is 3.94. The molecule has 0 spiro atoms. The van der Waals surface area contributed by atoms with Crippen molar-refractivity contribution in [3.63, 3.8) is 0 Å². The van der Waals surface area contributed by atoms with Gasteiger partial charge in [0.05, 0.1) is 12.3 Å². The summed E-state index contributed by atoms with van der Waals surface area (Å²) in [5.41, 5.74) is 1.04. The topological polar surface area (TPSA) is 55.5 Å². The van der Waals surface area contributed by atoms with E-state index in [-0.39, 0.29) is 6.61 Å². The van der Waals surface area contributed by atoms with Crippen LogP contribution in [0.4, 0.5) is 0 Å². The molecule has 0 saturated carbocycles. The third-order valence-corrected chi connectivity index (χ3v) is 2.74. The van der Waals surface area contributed by atoms with Gasteiger partial charge in [-0.05, 0) is 19.8 Å². The summed E-state index contributed by atoms with van der Waals surface area (Å²) in [6.45, 7) is 3.71. The second-order valence-electron chi connectivity index (χ2n) is 3.94. The number of hydrogen-bond acceptors (Lipinski definition) is 4. The van der Waals surface area contributed by atoms with Crippen LogP contribution in [-0.4, -0.2) is 29.9 Å². The van der Waals surface area contributed by atoms with Gasteiger partial charge in [0.1, 0.15) is 5.76 Å². The lowest BCUT2D eigenvalue weighted by Gasteiger charge is -2.02. The molecule has 2 rings (SSSR count). The van der Waals surface area contributed by atoms with Crippen LogP contribution in [-0.2, 0) is 11.2 Å². The van der Waals surface area contributed by atoms with Gasteiger partial charge in [-0.3, -0.25) is 0 Å². The first-order valence-electron chi connectivity index (χ1n) is 5.46. The molecule has 1 aliphatic rings. The third kappa shape index (κ3) is 2.38. The fourth-order valence-electron chi connectivity index (χ4n) is 1.93. The molecule has 1 atom stereocenters. The Kier molecular flexibility index (Phi) is 3.38. The number of aliphatic hydroxyl groups is 1. The summed E-state index contributed by atoms with van der Waals surface area (Å²) in [6.07, 6.45) is 2.46. The fourth-order valence-corrected chi connectivity index (χ4v) is 1.93. The molecule has 0 aromatic carbocycles. The maximum atomic E-state index is 8.73. The van der Waals surface area contributed by atoms with E-state index < -0.39 is 0 Å². The summed E-state index contributed by atoms with van der Waals surface area (Å²) < 4.78 is 10.9. The minimum Gasteiger partial charge on any atom is -0.446 e. The standard InChI is InChI=1S/C11H17NO3/c1-8-11(9-4-6-14-7-9)12-10(15-8)3-2-5-13/h9,13H,2-7H2,1H3. The molecule has 15 heavy (non-hydrogen) atoms. The van der Waals surface area contributed by atoms with Crippen molar-refractivity contribution in [2.24, 2.45) is 0 Å². The van der Waals surface area contributed by atoms with Gasteiger partial charge in [-0.2, -0.15) is 0 Å². The van der Waals surface area contributed by atoms with Gasteiger partial charge in [0.2, 0.25) is 0 Å². The molecule has 1 aromatic heterocycles. The number of aliphatic hydroxyl groups excluding tert-OH is 1. The number of ether oxygens (including phenoxy) is 1. The van der Waals surface area contributed by atoms with Gasteiger partial charge in [0.25, 0.3) is 0 Å². The predicted molar refractivity (Wildman–Crippen MR) is 54.8 cm³/mol. The highest BCUT2D eigenvalue weighted by atomic mass is 16.5. The van der Waals surface area contributed by atoms with E-state index in [1.54, 1.807) is 0 Å². The summed E-state index contributed by atoms with van der Waals surface area (Å²) in [5, 5.41) is 8.73. The molecule has 0 bridgehead atoms. The highest BCUT2D eigenvalue weighted by Gasteiger charge is 2.23. The van der Waals surface area contributed by atoms with Crippen LogP contribution in [0.5, 0.6) is 0 Å². The van der Waals surface area contributed by atoms with Crippen molar-refractivity contribution in [3.05, 3.63) is 17.3 Å². The maximum Gasteiger partial charge on any atom is 0.194 e. The Morgan fingerprint density at radius 1 is 1.53 bits per heavy atom. The summed E-state index contributed by atoms with van der Waals surface area (Å²) in [4.78, 5) is 4.47. The van der Waals surface area contributed by atoms with Crippen molar-refractivity contribution in [3.8, 4) is 0 Å². The normalized spacial score (nSPS) is 21.1. The molecule has 1 aliphatic heterocycles. The molecule has 1 aromatic rings. The van der Waals surface area contributed by atoms with Gasteiger partial charge in [0, 0.05) is 25.6 Å². The molecule has 0 radical (unpaired) electrons. The molecule has 1 fully saturated rings. The number of oxazole rings is 1. The molecule has 0 aliphatic carbocycles. The molecule has 0 amide bonds. The zero-order valence-corrected chi connectivity index (χ0v) is 9.03. The lowest BCUT2D eigenvalue weighted by atomic mass is 10.0. The van der Waals surface area contributed by atoms with Crippen molar-refractivity contribution in [2.45, 2.75) is 32.1 Å². The smallest absolute Gasteiger partial charge is 0.194 e. The van der Waals surface area contributed by atoms with Gasteiger partial charge in [-0.1, -0.05) is 0 Å². The van der Waals surface area contributed by atoms with E-state index in [0.29, 0.717) is 18.8 Å². The number of hydrogen-bond donors (Lipinski definition) is 1. The molecule has 84 valence electrons. The zero-order chi connectivity index (χ0) is 10.7. The predicted octanol–water partition coefficient (Wildman–Crippen LogP) is 1.41. The summed E-state index contributed by atoms with van der Waals surface area (Å²) in [7, 11) is 0. The monoisotopic (exact) mass is 211 g/mol. The van der Waals surface area contributed by atoms with E-state index in [2.05, 4.69) is 4.98 Å². The number of aryl methyl sites for hydroxylation is 2. The van der Waals surface area contributed by atoms with Crippen LogP contribution in [0.3, 0.4) is 0 Å². The number of nitrogens with zero attached hydrogens (tertiary/aromatic N) is 1. The van der Waals surface area contributed by atoms with Crippen LogP contribution < -0.4 is 0 Å². The highest BCUT2D eigenvalue weighted by molar-refractivity contribution is 5.15. The zero-order valence-electron chi connectivity index (χ0n) is 9.03. The molecule has 4 nitrogen and oxygen atoms in total. The Labute approximate surface area is 89.3 Å². The van der Waals surface area contributed by atoms with Gasteiger partial charge in [-0.25, -0.2) is 4.98 Å². The average Bonchev–Trinajstić information content (AvgIpc) is 2.83. The molecule has 1 unspecified atom stereocenters. The Balaban J connectivity index is 2.06. The Bertz CT molecular complexity index is 316. The first-order chi connectivity index (χ1) is 7.31. The van der Waals surface area contributed by atoms with Crippen molar-refractivity contribution >= 4 is 0 Å². The lowest BCUT2D eigenvalue weighted by Crippen LogP contribution is -2.00. The molecule has 4 heteroatoms. The van der Waals surface area contributed by atoms with E-state index in [1.807, 2.05) is 6.92 Å². The van der Waals surface area contributed by atoms with Crippen LogP contribution in [0.15, 0.2) is 4.42 Å². The maximum absolute atomic E-state index is 8.73. The summed E-state index contributed by atoms with van der Waals surface area (Å²) in [5.74, 6) is 2.04. The van der Waals surface area contributed by atoms with E-state index in [0.717, 1.165) is 37.0 Å².